The van der Waals surface area contributed by atoms with E-state index < -0.39 is 10.0 Å². The van der Waals surface area contributed by atoms with Crippen LogP contribution in [-0.4, -0.2) is 14.6 Å². The largest absolute Gasteiger partial charge is 0.256 e. The van der Waals surface area contributed by atoms with Gasteiger partial charge < -0.3 is 0 Å². The molecule has 0 aromatic heterocycles. The maximum atomic E-state index is 11.1. The van der Waals surface area contributed by atoms with E-state index in [-0.39, 0.29) is 4.90 Å². The molecule has 5 heteroatoms. The summed E-state index contributed by atoms with van der Waals surface area (Å²) in [6.07, 6.45) is 1.66. The van der Waals surface area contributed by atoms with Gasteiger partial charge in [0, 0.05) is 6.21 Å². The van der Waals surface area contributed by atoms with E-state index in [1.165, 1.54) is 12.1 Å². The summed E-state index contributed by atoms with van der Waals surface area (Å²) in [6, 6.07) is 16.3. The Labute approximate surface area is 106 Å². The highest BCUT2D eigenvalue weighted by Gasteiger charge is 2.05. The molecule has 1 radical (unpaired) electrons. The minimum absolute atomic E-state index is 0.0916. The van der Waals surface area contributed by atoms with Gasteiger partial charge in [0.1, 0.15) is 0 Å². The number of sulfonamides is 1. The fraction of sp³-hybridized carbons (Fsp3) is 0. The van der Waals surface area contributed by atoms with Crippen LogP contribution in [0.15, 0.2) is 58.4 Å². The van der Waals surface area contributed by atoms with E-state index in [4.69, 9.17) is 5.14 Å². The lowest BCUT2D eigenvalue weighted by Gasteiger charge is -1.98. The quantitative estimate of drug-likeness (QED) is 0.855. The third-order valence-electron chi connectivity index (χ3n) is 2.27. The second-order valence-electron chi connectivity index (χ2n) is 3.63. The molecule has 0 bridgehead atoms. The first-order chi connectivity index (χ1) is 8.55. The lowest BCUT2D eigenvalue weighted by atomic mass is 10.2. The van der Waals surface area contributed by atoms with Crippen LogP contribution in [0, 0.1) is 6.07 Å². The van der Waals surface area contributed by atoms with Crippen molar-refractivity contribution in [3.8, 4) is 0 Å². The Hall–Kier alpha value is -1.98. The molecular weight excluding hydrogens is 248 g/mol. The molecule has 0 aliphatic heterocycles. The molecule has 0 saturated heterocycles. The molecule has 0 aliphatic rings. The van der Waals surface area contributed by atoms with Crippen LogP contribution in [0.5, 0.6) is 0 Å². The fourth-order valence-corrected chi connectivity index (χ4v) is 1.87. The van der Waals surface area contributed by atoms with Gasteiger partial charge in [0.25, 0.3) is 0 Å². The highest BCUT2D eigenvalue weighted by molar-refractivity contribution is 7.89. The second-order valence-corrected chi connectivity index (χ2v) is 5.19. The average molecular weight is 259 g/mol. The van der Waals surface area contributed by atoms with Gasteiger partial charge in [-0.05, 0) is 35.9 Å². The van der Waals surface area contributed by atoms with Crippen LogP contribution in [0.1, 0.15) is 5.56 Å². The molecule has 2 N–H and O–H groups in total. The third kappa shape index (κ3) is 3.26. The van der Waals surface area contributed by atoms with Gasteiger partial charge in [-0.15, -0.1) is 0 Å². The van der Waals surface area contributed by atoms with Crippen molar-refractivity contribution in [1.29, 1.82) is 0 Å². The number of aliphatic imine (C=N–C) groups is 1. The van der Waals surface area contributed by atoms with Crippen LogP contribution in [0.4, 0.5) is 5.69 Å². The van der Waals surface area contributed by atoms with Crippen molar-refractivity contribution in [3.05, 3.63) is 60.2 Å². The maximum Gasteiger partial charge on any atom is 0.238 e. The van der Waals surface area contributed by atoms with Gasteiger partial charge in [0.05, 0.1) is 10.6 Å². The molecular formula is C13H11N2O2S. The van der Waals surface area contributed by atoms with Crippen LogP contribution in [0.25, 0.3) is 0 Å². The molecule has 4 nitrogen and oxygen atoms in total. The molecule has 91 valence electrons. The average Bonchev–Trinajstić information content (AvgIpc) is 2.37. The van der Waals surface area contributed by atoms with Crippen LogP contribution >= 0.6 is 0 Å². The van der Waals surface area contributed by atoms with Gasteiger partial charge in [-0.1, -0.05) is 24.3 Å². The highest BCUT2D eigenvalue weighted by Crippen LogP contribution is 2.11. The zero-order valence-corrected chi connectivity index (χ0v) is 10.3. The van der Waals surface area contributed by atoms with Crippen molar-refractivity contribution in [1.82, 2.24) is 0 Å². The number of benzene rings is 2. The molecule has 0 fully saturated rings. The summed E-state index contributed by atoms with van der Waals surface area (Å²) in [5.74, 6) is 0. The monoisotopic (exact) mass is 259 g/mol. The Morgan fingerprint density at radius 2 is 1.67 bits per heavy atom. The van der Waals surface area contributed by atoms with Crippen molar-refractivity contribution in [3.63, 3.8) is 0 Å². The molecule has 0 atom stereocenters. The molecule has 0 saturated carbocycles. The Bertz CT molecular complexity index is 647. The fourth-order valence-electron chi connectivity index (χ4n) is 1.36. The first-order valence-electron chi connectivity index (χ1n) is 5.19. The van der Waals surface area contributed by atoms with Crippen LogP contribution in [-0.2, 0) is 10.0 Å². The van der Waals surface area contributed by atoms with E-state index in [1.807, 2.05) is 12.1 Å². The van der Waals surface area contributed by atoms with Crippen LogP contribution < -0.4 is 5.14 Å². The van der Waals surface area contributed by atoms with Crippen molar-refractivity contribution in [2.75, 3.05) is 0 Å². The predicted molar refractivity (Wildman–Crippen MR) is 70.3 cm³/mol. The zero-order chi connectivity index (χ0) is 13.0. The highest BCUT2D eigenvalue weighted by atomic mass is 32.2. The molecule has 0 amide bonds. The lowest BCUT2D eigenvalue weighted by molar-refractivity contribution is 0.598. The van der Waals surface area contributed by atoms with Gasteiger partial charge in [-0.3, -0.25) is 4.99 Å². The van der Waals surface area contributed by atoms with E-state index in [1.54, 1.807) is 30.5 Å². The van der Waals surface area contributed by atoms with E-state index >= 15 is 0 Å². The standard InChI is InChI=1S/C13H11N2O2S/c14-18(16,17)13-8-6-11(7-9-13)10-15-12-4-2-1-3-5-12/h2-10H,(H2,14,16,17). The summed E-state index contributed by atoms with van der Waals surface area (Å²) in [7, 11) is -3.64. The summed E-state index contributed by atoms with van der Waals surface area (Å²) < 4.78 is 22.1. The predicted octanol–water partition coefficient (Wildman–Crippen LogP) is 1.88. The van der Waals surface area contributed by atoms with E-state index in [0.717, 1.165) is 11.3 Å². The smallest absolute Gasteiger partial charge is 0.238 e. The Kier molecular flexibility index (Phi) is 3.55. The van der Waals surface area contributed by atoms with Gasteiger partial charge in [-0.25, -0.2) is 13.6 Å². The SMILES string of the molecule is NS(=O)(=O)c1ccc(C=Nc2cc[c]cc2)cc1. The number of nitrogens with zero attached hydrogens (tertiary/aromatic N) is 1. The van der Waals surface area contributed by atoms with Crippen molar-refractivity contribution in [2.24, 2.45) is 10.1 Å². The Morgan fingerprint density at radius 1 is 1.06 bits per heavy atom. The van der Waals surface area contributed by atoms with Gasteiger partial charge >= 0.3 is 0 Å². The summed E-state index contributed by atoms with van der Waals surface area (Å²) in [4.78, 5) is 4.33. The first kappa shape index (κ1) is 12.5. The number of rotatable bonds is 3. The van der Waals surface area contributed by atoms with E-state index in [0.29, 0.717) is 0 Å². The summed E-state index contributed by atoms with van der Waals surface area (Å²) >= 11 is 0. The molecule has 18 heavy (non-hydrogen) atoms. The first-order valence-corrected chi connectivity index (χ1v) is 6.73. The third-order valence-corrected chi connectivity index (χ3v) is 3.20. The molecule has 2 rings (SSSR count). The molecule has 0 unspecified atom stereocenters. The summed E-state index contributed by atoms with van der Waals surface area (Å²) in [6.45, 7) is 0. The van der Waals surface area contributed by atoms with Crippen molar-refractivity contribution < 1.29 is 8.42 Å². The number of primary sulfonamides is 1. The number of hydrogen-bond donors (Lipinski definition) is 1. The second kappa shape index (κ2) is 5.12. The Morgan fingerprint density at radius 3 is 2.22 bits per heavy atom. The van der Waals surface area contributed by atoms with E-state index in [9.17, 15) is 8.42 Å². The molecule has 2 aromatic carbocycles. The van der Waals surface area contributed by atoms with Crippen LogP contribution in [0.2, 0.25) is 0 Å². The van der Waals surface area contributed by atoms with Gasteiger partial charge in [-0.2, -0.15) is 0 Å². The van der Waals surface area contributed by atoms with Crippen LogP contribution in [0.3, 0.4) is 0 Å². The van der Waals surface area contributed by atoms with Gasteiger partial charge in [0.15, 0.2) is 0 Å². The molecule has 0 spiro atoms. The molecule has 0 heterocycles. The van der Waals surface area contributed by atoms with E-state index in [2.05, 4.69) is 11.1 Å². The van der Waals surface area contributed by atoms with Crippen molar-refractivity contribution in [2.45, 2.75) is 4.90 Å². The van der Waals surface area contributed by atoms with Crippen molar-refractivity contribution >= 4 is 21.9 Å². The summed E-state index contributed by atoms with van der Waals surface area (Å²) in [5.41, 5.74) is 1.61. The topological polar surface area (TPSA) is 72.5 Å². The minimum atomic E-state index is -3.64. The summed E-state index contributed by atoms with van der Waals surface area (Å²) in [5, 5.41) is 5.01. The number of hydrogen-bond acceptors (Lipinski definition) is 3. The maximum absolute atomic E-state index is 11.1. The molecule has 0 aliphatic carbocycles. The molecule has 2 aromatic rings. The van der Waals surface area contributed by atoms with Gasteiger partial charge in [0.2, 0.25) is 10.0 Å². The Balaban J connectivity index is 2.19. The minimum Gasteiger partial charge on any atom is -0.256 e. The zero-order valence-electron chi connectivity index (χ0n) is 9.45. The normalized spacial score (nSPS) is 11.8. The lowest BCUT2D eigenvalue weighted by Crippen LogP contribution is -2.11. The number of nitrogens with two attached hydrogens (primary N) is 1.